The van der Waals surface area contributed by atoms with Gasteiger partial charge in [-0.25, -0.2) is 21.1 Å². The number of non-ortho nitro benzene ring substituents is 1. The molecule has 0 spiro atoms. The average molecular weight is 686 g/mol. The van der Waals surface area contributed by atoms with Gasteiger partial charge in [0.15, 0.2) is 10.1 Å². The van der Waals surface area contributed by atoms with Gasteiger partial charge in [0, 0.05) is 37.2 Å². The first kappa shape index (κ1) is 35.8. The predicted molar refractivity (Wildman–Crippen MR) is 156 cm³/mol. The molecule has 46 heavy (non-hydrogen) atoms. The largest absolute Gasteiger partial charge is 0.741 e. The Kier molecular flexibility index (Phi) is 11.0. The summed E-state index contributed by atoms with van der Waals surface area (Å²) in [5.74, 6) is -1.68. The maximum atomic E-state index is 14.2. The van der Waals surface area contributed by atoms with Crippen molar-refractivity contribution in [1.29, 1.82) is 0 Å². The molecule has 0 unspecified atom stereocenters. The second-order valence-corrected chi connectivity index (χ2v) is 12.9. The molecule has 0 fully saturated rings. The van der Waals surface area contributed by atoms with Gasteiger partial charge in [-0.1, -0.05) is 30.7 Å². The summed E-state index contributed by atoms with van der Waals surface area (Å²) >= 11 is 0. The lowest BCUT2D eigenvalue weighted by Gasteiger charge is -2.24. The number of fused-ring (bicyclic) bond motifs is 2. The molecule has 18 heteroatoms. The number of carbonyl (C=O) groups excluding carboxylic acids is 1. The lowest BCUT2D eigenvalue weighted by Crippen LogP contribution is -2.39. The third-order valence-corrected chi connectivity index (χ3v) is 9.04. The summed E-state index contributed by atoms with van der Waals surface area (Å²) in [5, 5.41) is 21.1. The molecule has 0 aliphatic heterocycles. The number of alkyl halides is 3. The molecule has 4 aromatic rings. The number of hydrogen-bond acceptors (Lipinski definition) is 9. The molecule has 0 radical (unpaired) electrons. The number of para-hydroxylation sites is 2. The van der Waals surface area contributed by atoms with E-state index in [-0.39, 0.29) is 35.5 Å². The van der Waals surface area contributed by atoms with Crippen molar-refractivity contribution in [3.63, 3.8) is 0 Å². The number of aryl methyl sites for hydroxylation is 1. The van der Waals surface area contributed by atoms with Gasteiger partial charge < -0.3 is 9.66 Å². The normalized spacial score (nSPS) is 11.9. The van der Waals surface area contributed by atoms with Crippen molar-refractivity contribution >= 4 is 59.5 Å². The topological polar surface area (TPSA) is 196 Å². The monoisotopic (exact) mass is 685 g/mol. The fourth-order valence-electron chi connectivity index (χ4n) is 4.49. The molecular weight excluding hydrogens is 659 g/mol. The highest BCUT2D eigenvalue weighted by Crippen LogP contribution is 2.29. The number of nitro groups is 1. The van der Waals surface area contributed by atoms with Gasteiger partial charge in [0.1, 0.15) is 7.05 Å². The van der Waals surface area contributed by atoms with E-state index in [9.17, 15) is 41.3 Å². The average Bonchev–Trinajstić information content (AvgIpc) is 2.98. The number of carboxylic acid groups (broad SMARTS) is 1. The Morgan fingerprint density at radius 2 is 1.35 bits per heavy atom. The van der Waals surface area contributed by atoms with Crippen LogP contribution in [0.1, 0.15) is 36.0 Å². The Hall–Kier alpha value is -4.68. The number of amides is 1. The first-order valence-electron chi connectivity index (χ1n) is 13.2. The zero-order valence-corrected chi connectivity index (χ0v) is 25.5. The van der Waals surface area contributed by atoms with Crippen LogP contribution in [-0.2, 0) is 32.0 Å². The van der Waals surface area contributed by atoms with E-state index in [1.807, 2.05) is 35.9 Å². The summed E-state index contributed by atoms with van der Waals surface area (Å²) in [4.78, 5) is 35.2. The summed E-state index contributed by atoms with van der Waals surface area (Å²) in [7, 11) is -8.63. The Bertz CT molecular complexity index is 1940. The summed E-state index contributed by atoms with van der Waals surface area (Å²) < 4.78 is 89.2. The molecule has 1 amide bonds. The fourth-order valence-corrected chi connectivity index (χ4v) is 5.90. The lowest BCUT2D eigenvalue weighted by molar-refractivity contribution is -0.617. The summed E-state index contributed by atoms with van der Waals surface area (Å²) in [5.41, 5.74) is -4.21. The third kappa shape index (κ3) is 8.12. The molecule has 3 aromatic carbocycles. The summed E-state index contributed by atoms with van der Waals surface area (Å²) in [6.45, 7) is -0.179. The Morgan fingerprint density at radius 1 is 0.870 bits per heavy atom. The minimum atomic E-state index is -6.09. The number of halogens is 3. The van der Waals surface area contributed by atoms with Crippen molar-refractivity contribution in [2.24, 2.45) is 7.05 Å². The van der Waals surface area contributed by atoms with Gasteiger partial charge in [0.25, 0.3) is 21.6 Å². The highest BCUT2D eigenvalue weighted by atomic mass is 32.2. The first-order chi connectivity index (χ1) is 21.4. The van der Waals surface area contributed by atoms with E-state index >= 15 is 0 Å². The molecule has 0 atom stereocenters. The van der Waals surface area contributed by atoms with Crippen LogP contribution in [0, 0.1) is 10.1 Å². The number of unbranched alkanes of at least 4 members (excludes halogenated alkanes) is 2. The van der Waals surface area contributed by atoms with Crippen molar-refractivity contribution in [2.45, 2.75) is 36.1 Å². The van der Waals surface area contributed by atoms with Crippen molar-refractivity contribution in [3.8, 4) is 0 Å². The van der Waals surface area contributed by atoms with E-state index in [1.165, 1.54) is 0 Å². The number of hydrogen-bond donors (Lipinski definition) is 1. The maximum absolute atomic E-state index is 14.2. The number of carbonyl (C=O) groups is 2. The number of sulfonamides is 1. The van der Waals surface area contributed by atoms with Crippen LogP contribution in [-0.4, -0.2) is 59.7 Å². The number of carboxylic acids is 1. The number of nitrogens with zero attached hydrogens (tertiary/aromatic N) is 3. The molecule has 0 aliphatic rings. The molecule has 1 aromatic heterocycles. The summed E-state index contributed by atoms with van der Waals surface area (Å²) in [6.07, 6.45) is 0.925. The van der Waals surface area contributed by atoms with Crippen LogP contribution in [0.25, 0.3) is 21.8 Å². The zero-order chi connectivity index (χ0) is 34.4. The highest BCUT2D eigenvalue weighted by Gasteiger charge is 2.37. The number of aliphatic carboxylic acids is 1. The maximum Gasteiger partial charge on any atom is 0.485 e. The number of rotatable bonds is 10. The van der Waals surface area contributed by atoms with Gasteiger partial charge in [-0.2, -0.15) is 17.7 Å². The Balaban J connectivity index is 0.000000637. The van der Waals surface area contributed by atoms with Crippen LogP contribution in [0.5, 0.6) is 0 Å². The molecule has 1 N–H and O–H groups in total. The number of benzene rings is 3. The smallest absolute Gasteiger partial charge is 0.485 e. The molecule has 0 aliphatic carbocycles. The molecule has 4 rings (SSSR count). The van der Waals surface area contributed by atoms with E-state index in [0.29, 0.717) is 23.6 Å². The zero-order valence-electron chi connectivity index (χ0n) is 23.9. The van der Waals surface area contributed by atoms with E-state index in [0.717, 1.165) is 39.6 Å². The number of nitro benzene ring substituents is 1. The van der Waals surface area contributed by atoms with Crippen molar-refractivity contribution in [1.82, 2.24) is 4.31 Å². The van der Waals surface area contributed by atoms with Crippen LogP contribution < -0.4 is 4.57 Å². The SMILES string of the molecule is C[n+]1c2ccccc2c(C(=O)N(CCCCCC(=O)O)S(=O)(=O)c2ccc([N+](=O)[O-])cc2)c2ccccc21.O=S(=O)([O-])C(F)(F)F. The van der Waals surface area contributed by atoms with Gasteiger partial charge in [-0.3, -0.25) is 19.7 Å². The quantitative estimate of drug-likeness (QED) is 0.0479. The minimum Gasteiger partial charge on any atom is -0.741 e. The molecular formula is C28H26F3N3O10S2. The van der Waals surface area contributed by atoms with Crippen molar-refractivity contribution < 1.29 is 58.7 Å². The van der Waals surface area contributed by atoms with E-state index in [2.05, 4.69) is 0 Å². The highest BCUT2D eigenvalue weighted by molar-refractivity contribution is 7.89. The van der Waals surface area contributed by atoms with Gasteiger partial charge >= 0.3 is 11.5 Å². The molecule has 0 saturated carbocycles. The lowest BCUT2D eigenvalue weighted by atomic mass is 10.0. The van der Waals surface area contributed by atoms with Crippen molar-refractivity contribution in [3.05, 3.63) is 88.5 Å². The first-order valence-corrected chi connectivity index (χ1v) is 16.1. The van der Waals surface area contributed by atoms with E-state index in [4.69, 9.17) is 18.1 Å². The standard InChI is InChI=1S/C27H25N3O7S.CHF3O3S/c1-28-23-11-6-4-9-21(23)26(22-10-5-7-12-24(22)28)27(33)29(18-8-2-3-13-25(31)32)38(36,37)20-16-14-19(15-17-20)30(34)35;2-1(3,4)8(5,6)7/h4-7,9-12,14-17H,2-3,8,13,18H2,1H3;(H,5,6,7). The third-order valence-electron chi connectivity index (χ3n) is 6.68. The van der Waals surface area contributed by atoms with Crippen LogP contribution in [0.15, 0.2) is 77.7 Å². The molecule has 13 nitrogen and oxygen atoms in total. The molecule has 246 valence electrons. The predicted octanol–water partition coefficient (Wildman–Crippen LogP) is 4.25. The Labute approximate surface area is 260 Å². The van der Waals surface area contributed by atoms with Gasteiger partial charge in [0.05, 0.1) is 26.2 Å². The minimum absolute atomic E-state index is 0.0620. The van der Waals surface area contributed by atoms with Crippen LogP contribution in [0.3, 0.4) is 0 Å². The molecule has 0 saturated heterocycles. The number of aromatic nitrogens is 1. The molecule has 0 bridgehead atoms. The second-order valence-electron chi connectivity index (χ2n) is 9.71. The van der Waals surface area contributed by atoms with Gasteiger partial charge in [0.2, 0.25) is 11.0 Å². The fraction of sp³-hybridized carbons (Fsp3) is 0.250. The van der Waals surface area contributed by atoms with Crippen LogP contribution >= 0.6 is 0 Å². The van der Waals surface area contributed by atoms with Crippen molar-refractivity contribution in [2.75, 3.05) is 6.54 Å². The Morgan fingerprint density at radius 3 is 1.78 bits per heavy atom. The van der Waals surface area contributed by atoms with Gasteiger partial charge in [-0.05, 0) is 37.1 Å². The summed E-state index contributed by atoms with van der Waals surface area (Å²) in [6, 6.07) is 18.8. The van der Waals surface area contributed by atoms with Gasteiger partial charge in [-0.15, -0.1) is 0 Å². The van der Waals surface area contributed by atoms with E-state index in [1.54, 1.807) is 24.3 Å². The van der Waals surface area contributed by atoms with E-state index < -0.39 is 42.4 Å². The van der Waals surface area contributed by atoms with Crippen LogP contribution in [0.2, 0.25) is 0 Å². The number of pyridine rings is 1. The van der Waals surface area contributed by atoms with Crippen LogP contribution in [0.4, 0.5) is 18.9 Å². The second kappa shape index (κ2) is 14.2. The molecule has 1 heterocycles.